The maximum Gasteiger partial charge on any atom is 0.288 e. The molecule has 0 radical (unpaired) electrons. The van der Waals surface area contributed by atoms with E-state index in [0.29, 0.717) is 34.1 Å². The highest BCUT2D eigenvalue weighted by atomic mass is 32.2. The fraction of sp³-hybridized carbons (Fsp3) is 0.188. The average Bonchev–Trinajstić information content (AvgIpc) is 3.05. The van der Waals surface area contributed by atoms with Crippen LogP contribution in [0.25, 0.3) is 0 Å². The predicted molar refractivity (Wildman–Crippen MR) is 103 cm³/mol. The van der Waals surface area contributed by atoms with Crippen LogP contribution < -0.4 is 10.9 Å². The fourth-order valence-corrected chi connectivity index (χ4v) is 4.32. The first-order valence-corrected chi connectivity index (χ1v) is 10.2. The SMILES string of the molecule is O=c1ccccn1CCSc1nnc(Nc2ccc(SC(F)F)cc2)s1. The van der Waals surface area contributed by atoms with Gasteiger partial charge in [0.05, 0.1) is 0 Å². The van der Waals surface area contributed by atoms with Gasteiger partial charge in [0.15, 0.2) is 4.34 Å². The van der Waals surface area contributed by atoms with E-state index in [9.17, 15) is 13.6 Å². The van der Waals surface area contributed by atoms with Crippen molar-refractivity contribution in [2.45, 2.75) is 21.5 Å². The standard InChI is InChI=1S/C16H14F2N4OS3/c17-14(18)25-12-6-4-11(5-7-12)19-15-20-21-16(26-15)24-10-9-22-8-2-1-3-13(22)23/h1-8,14H,9-10H2,(H,19,20). The molecule has 0 saturated heterocycles. The Morgan fingerprint density at radius 1 is 1.15 bits per heavy atom. The number of hydrogen-bond acceptors (Lipinski definition) is 7. The van der Waals surface area contributed by atoms with Gasteiger partial charge >= 0.3 is 0 Å². The molecule has 0 amide bonds. The third-order valence-corrected chi connectivity index (χ3v) is 5.87. The van der Waals surface area contributed by atoms with Crippen molar-refractivity contribution in [3.63, 3.8) is 0 Å². The summed E-state index contributed by atoms with van der Waals surface area (Å²) in [5.74, 6) is -1.72. The minimum absolute atomic E-state index is 0.0267. The summed E-state index contributed by atoms with van der Waals surface area (Å²) in [5, 5.41) is 11.9. The van der Waals surface area contributed by atoms with E-state index < -0.39 is 5.76 Å². The summed E-state index contributed by atoms with van der Waals surface area (Å²) in [7, 11) is 0. The first-order valence-electron chi connectivity index (χ1n) is 7.54. The van der Waals surface area contributed by atoms with Gasteiger partial charge in [0.1, 0.15) is 0 Å². The summed E-state index contributed by atoms with van der Waals surface area (Å²) in [6.07, 6.45) is 1.76. The maximum atomic E-state index is 12.3. The second-order valence-electron chi connectivity index (χ2n) is 4.98. The minimum Gasteiger partial charge on any atom is -0.330 e. The highest BCUT2D eigenvalue weighted by Crippen LogP contribution is 2.30. The molecule has 26 heavy (non-hydrogen) atoms. The molecule has 0 atom stereocenters. The molecule has 0 saturated carbocycles. The van der Waals surface area contributed by atoms with E-state index in [2.05, 4.69) is 15.5 Å². The van der Waals surface area contributed by atoms with Crippen LogP contribution in [0.3, 0.4) is 0 Å². The number of alkyl halides is 2. The number of nitrogens with zero attached hydrogens (tertiary/aromatic N) is 3. The number of pyridine rings is 1. The van der Waals surface area contributed by atoms with Crippen molar-refractivity contribution in [3.05, 3.63) is 59.0 Å². The lowest BCUT2D eigenvalue weighted by Crippen LogP contribution is -2.18. The number of aromatic nitrogens is 3. The third kappa shape index (κ3) is 5.55. The van der Waals surface area contributed by atoms with E-state index in [4.69, 9.17) is 0 Å². The molecule has 10 heteroatoms. The fourth-order valence-electron chi connectivity index (χ4n) is 2.04. The Labute approximate surface area is 160 Å². The summed E-state index contributed by atoms with van der Waals surface area (Å²) >= 11 is 3.43. The molecule has 1 aromatic carbocycles. The average molecular weight is 413 g/mol. The second-order valence-corrected chi connectivity index (χ2v) is 8.36. The van der Waals surface area contributed by atoms with E-state index in [1.165, 1.54) is 29.2 Å². The van der Waals surface area contributed by atoms with E-state index in [0.717, 1.165) is 10.0 Å². The number of anilines is 2. The van der Waals surface area contributed by atoms with Crippen molar-refractivity contribution < 1.29 is 8.78 Å². The molecule has 5 nitrogen and oxygen atoms in total. The van der Waals surface area contributed by atoms with Crippen LogP contribution in [0.2, 0.25) is 0 Å². The lowest BCUT2D eigenvalue weighted by atomic mass is 10.3. The van der Waals surface area contributed by atoms with Gasteiger partial charge in [-0.3, -0.25) is 4.79 Å². The van der Waals surface area contributed by atoms with Crippen molar-refractivity contribution in [1.29, 1.82) is 0 Å². The van der Waals surface area contributed by atoms with Gasteiger partial charge in [-0.1, -0.05) is 40.9 Å². The van der Waals surface area contributed by atoms with Gasteiger partial charge in [-0.25, -0.2) is 0 Å². The molecule has 2 aromatic heterocycles. The zero-order valence-electron chi connectivity index (χ0n) is 13.3. The number of thioether (sulfide) groups is 2. The molecular formula is C16H14F2N4OS3. The van der Waals surface area contributed by atoms with E-state index in [1.807, 2.05) is 6.07 Å². The van der Waals surface area contributed by atoms with Gasteiger partial charge in [0, 0.05) is 35.1 Å². The Bertz CT molecular complexity index is 899. The summed E-state index contributed by atoms with van der Waals surface area (Å²) in [6, 6.07) is 11.8. The van der Waals surface area contributed by atoms with Crippen LogP contribution in [0.1, 0.15) is 0 Å². The molecule has 3 rings (SSSR count). The van der Waals surface area contributed by atoms with Gasteiger partial charge in [-0.15, -0.1) is 10.2 Å². The molecule has 0 unspecified atom stereocenters. The molecule has 0 spiro atoms. The molecule has 3 aromatic rings. The van der Waals surface area contributed by atoms with Gasteiger partial charge < -0.3 is 9.88 Å². The molecule has 136 valence electrons. The Morgan fingerprint density at radius 3 is 2.69 bits per heavy atom. The Balaban J connectivity index is 1.51. The van der Waals surface area contributed by atoms with Gasteiger partial charge in [0.25, 0.3) is 11.3 Å². The van der Waals surface area contributed by atoms with Crippen LogP contribution in [-0.4, -0.2) is 26.3 Å². The summed E-state index contributed by atoms with van der Waals surface area (Å²) in [5.41, 5.74) is 0.730. The van der Waals surface area contributed by atoms with Gasteiger partial charge in [-0.2, -0.15) is 8.78 Å². The lowest BCUT2D eigenvalue weighted by molar-refractivity contribution is 0.252. The molecule has 0 fully saturated rings. The van der Waals surface area contributed by atoms with Crippen LogP contribution in [-0.2, 0) is 6.54 Å². The smallest absolute Gasteiger partial charge is 0.288 e. The van der Waals surface area contributed by atoms with Crippen molar-refractivity contribution >= 4 is 45.7 Å². The number of halogens is 2. The zero-order valence-corrected chi connectivity index (χ0v) is 15.8. The van der Waals surface area contributed by atoms with Crippen LogP contribution in [0, 0.1) is 0 Å². The summed E-state index contributed by atoms with van der Waals surface area (Å²) < 4.78 is 27.1. The van der Waals surface area contributed by atoms with Crippen molar-refractivity contribution in [1.82, 2.24) is 14.8 Å². The van der Waals surface area contributed by atoms with E-state index in [1.54, 1.807) is 41.1 Å². The molecule has 0 aliphatic heterocycles. The first kappa shape index (κ1) is 18.9. The molecule has 2 heterocycles. The molecule has 1 N–H and O–H groups in total. The van der Waals surface area contributed by atoms with Crippen LogP contribution in [0.5, 0.6) is 0 Å². The molecule has 0 bridgehead atoms. The topological polar surface area (TPSA) is 59.8 Å². The minimum atomic E-state index is -2.43. The van der Waals surface area contributed by atoms with Crippen LogP contribution in [0.15, 0.2) is 62.7 Å². The van der Waals surface area contributed by atoms with Crippen molar-refractivity contribution in [3.8, 4) is 0 Å². The third-order valence-electron chi connectivity index (χ3n) is 3.19. The van der Waals surface area contributed by atoms with E-state index in [-0.39, 0.29) is 5.56 Å². The molecule has 0 aliphatic rings. The van der Waals surface area contributed by atoms with Gasteiger partial charge in [-0.05, 0) is 30.3 Å². The summed E-state index contributed by atoms with van der Waals surface area (Å²) in [6.45, 7) is 0.593. The largest absolute Gasteiger partial charge is 0.330 e. The number of rotatable bonds is 8. The predicted octanol–water partition coefficient (Wildman–Crippen LogP) is 4.55. The normalized spacial score (nSPS) is 11.0. The Kier molecular flexibility index (Phi) is 6.64. The number of benzene rings is 1. The highest BCUT2D eigenvalue weighted by Gasteiger charge is 2.07. The van der Waals surface area contributed by atoms with Crippen LogP contribution >= 0.6 is 34.9 Å². The van der Waals surface area contributed by atoms with Crippen molar-refractivity contribution in [2.75, 3.05) is 11.1 Å². The molecular weight excluding hydrogens is 398 g/mol. The maximum absolute atomic E-state index is 12.3. The Hall–Kier alpha value is -1.91. The quantitative estimate of drug-likeness (QED) is 0.548. The highest BCUT2D eigenvalue weighted by molar-refractivity contribution is 8.01. The summed E-state index contributed by atoms with van der Waals surface area (Å²) in [4.78, 5) is 12.1. The van der Waals surface area contributed by atoms with Gasteiger partial charge in [0.2, 0.25) is 5.13 Å². The van der Waals surface area contributed by atoms with E-state index >= 15 is 0 Å². The van der Waals surface area contributed by atoms with Crippen LogP contribution in [0.4, 0.5) is 19.6 Å². The molecule has 0 aliphatic carbocycles. The number of aryl methyl sites for hydroxylation is 1. The monoisotopic (exact) mass is 412 g/mol. The lowest BCUT2D eigenvalue weighted by Gasteiger charge is -2.04. The first-order chi connectivity index (χ1) is 12.6. The number of nitrogens with one attached hydrogen (secondary N) is 1. The second kappa shape index (κ2) is 9.15. The number of hydrogen-bond donors (Lipinski definition) is 1. The zero-order chi connectivity index (χ0) is 18.4. The van der Waals surface area contributed by atoms with Crippen molar-refractivity contribution in [2.24, 2.45) is 0 Å². The Morgan fingerprint density at radius 2 is 1.96 bits per heavy atom.